The van der Waals surface area contributed by atoms with Gasteiger partial charge in [0.1, 0.15) is 0 Å². The highest BCUT2D eigenvalue weighted by molar-refractivity contribution is 7.13. The average Bonchev–Trinajstić information content (AvgIpc) is 3.20. The number of aryl methyl sites for hydroxylation is 1. The number of nitrogens with zero attached hydrogens (tertiary/aromatic N) is 1. The minimum Gasteiger partial charge on any atom is -0.466 e. The van der Waals surface area contributed by atoms with Gasteiger partial charge in [0.15, 0.2) is 0 Å². The topological polar surface area (TPSA) is 65.5 Å². The summed E-state index contributed by atoms with van der Waals surface area (Å²) in [7, 11) is 1.26. The maximum atomic E-state index is 12.6. The van der Waals surface area contributed by atoms with Crippen LogP contribution in [0.1, 0.15) is 27.7 Å². The van der Waals surface area contributed by atoms with Crippen LogP contribution in [-0.2, 0) is 14.3 Å². The van der Waals surface area contributed by atoms with E-state index in [-0.39, 0.29) is 0 Å². The number of carbonyl (C=O) groups is 2. The Morgan fingerprint density at radius 1 is 1.04 bits per heavy atom. The Hall–Kier alpha value is -2.99. The number of aromatic nitrogens is 1. The predicted octanol–water partition coefficient (Wildman–Crippen LogP) is 4.19. The lowest BCUT2D eigenvalue weighted by molar-refractivity contribution is -0.151. The standard InChI is InChI=1S/C20H17NO4S/c1-13-15(10-11-16(21-13)17-9-6-12-26-17)19(22)25-18(20(23)24-2)14-7-4-3-5-8-14/h3-12,18H,1-2H3. The third kappa shape index (κ3) is 3.81. The van der Waals surface area contributed by atoms with E-state index in [4.69, 9.17) is 9.47 Å². The van der Waals surface area contributed by atoms with Gasteiger partial charge < -0.3 is 9.47 Å². The first-order valence-electron chi connectivity index (χ1n) is 7.95. The molecule has 1 aromatic carbocycles. The van der Waals surface area contributed by atoms with Gasteiger partial charge in [-0.25, -0.2) is 9.59 Å². The molecular formula is C20H17NO4S. The van der Waals surface area contributed by atoms with Crippen LogP contribution in [0.4, 0.5) is 0 Å². The van der Waals surface area contributed by atoms with E-state index in [1.807, 2.05) is 23.6 Å². The molecular weight excluding hydrogens is 350 g/mol. The fourth-order valence-corrected chi connectivity index (χ4v) is 3.19. The van der Waals surface area contributed by atoms with Crippen LogP contribution in [0, 0.1) is 6.92 Å². The number of hydrogen-bond donors (Lipinski definition) is 0. The number of esters is 2. The molecule has 2 aromatic heterocycles. The molecule has 3 aromatic rings. The van der Waals surface area contributed by atoms with Crippen molar-refractivity contribution in [3.63, 3.8) is 0 Å². The van der Waals surface area contributed by atoms with Crippen molar-refractivity contribution in [1.82, 2.24) is 4.98 Å². The predicted molar refractivity (Wildman–Crippen MR) is 98.9 cm³/mol. The number of hydrogen-bond acceptors (Lipinski definition) is 6. The second-order valence-electron chi connectivity index (χ2n) is 5.53. The van der Waals surface area contributed by atoms with Crippen LogP contribution in [0.15, 0.2) is 60.0 Å². The summed E-state index contributed by atoms with van der Waals surface area (Å²) >= 11 is 1.57. The molecule has 2 heterocycles. The van der Waals surface area contributed by atoms with E-state index in [1.165, 1.54) is 7.11 Å². The minimum atomic E-state index is -1.12. The van der Waals surface area contributed by atoms with Gasteiger partial charge in [-0.15, -0.1) is 11.3 Å². The van der Waals surface area contributed by atoms with Gasteiger partial charge in [-0.1, -0.05) is 36.4 Å². The van der Waals surface area contributed by atoms with Gasteiger partial charge in [0.2, 0.25) is 6.10 Å². The Balaban J connectivity index is 1.85. The molecule has 0 radical (unpaired) electrons. The zero-order valence-corrected chi connectivity index (χ0v) is 15.2. The highest BCUT2D eigenvalue weighted by Crippen LogP contribution is 2.25. The number of carbonyl (C=O) groups excluding carboxylic acids is 2. The molecule has 0 bridgehead atoms. The molecule has 0 aliphatic heterocycles. The van der Waals surface area contributed by atoms with Crippen molar-refractivity contribution < 1.29 is 19.1 Å². The lowest BCUT2D eigenvalue weighted by atomic mass is 10.1. The van der Waals surface area contributed by atoms with E-state index in [9.17, 15) is 9.59 Å². The number of benzene rings is 1. The normalized spacial score (nSPS) is 11.6. The molecule has 132 valence electrons. The highest BCUT2D eigenvalue weighted by atomic mass is 32.1. The summed E-state index contributed by atoms with van der Waals surface area (Å²) in [5.41, 5.74) is 2.20. The Labute approximate surface area is 155 Å². The van der Waals surface area contributed by atoms with Gasteiger partial charge in [0, 0.05) is 5.56 Å². The van der Waals surface area contributed by atoms with E-state index < -0.39 is 18.0 Å². The maximum Gasteiger partial charge on any atom is 0.351 e. The Kier molecular flexibility index (Phi) is 5.43. The van der Waals surface area contributed by atoms with Crippen LogP contribution in [0.3, 0.4) is 0 Å². The average molecular weight is 367 g/mol. The van der Waals surface area contributed by atoms with Crippen molar-refractivity contribution in [2.45, 2.75) is 13.0 Å². The first-order chi connectivity index (χ1) is 12.6. The van der Waals surface area contributed by atoms with Crippen LogP contribution < -0.4 is 0 Å². The summed E-state index contributed by atoms with van der Waals surface area (Å²) in [6.45, 7) is 1.74. The zero-order chi connectivity index (χ0) is 18.5. The lowest BCUT2D eigenvalue weighted by Crippen LogP contribution is -2.21. The minimum absolute atomic E-state index is 0.315. The van der Waals surface area contributed by atoms with Crippen molar-refractivity contribution in [3.05, 3.63) is 76.8 Å². The van der Waals surface area contributed by atoms with E-state index in [2.05, 4.69) is 4.98 Å². The van der Waals surface area contributed by atoms with Crippen LogP contribution in [0.5, 0.6) is 0 Å². The molecule has 0 aliphatic carbocycles. The summed E-state index contributed by atoms with van der Waals surface area (Å²) in [5, 5.41) is 1.97. The van der Waals surface area contributed by atoms with Crippen LogP contribution in [-0.4, -0.2) is 24.0 Å². The second kappa shape index (κ2) is 7.93. The number of ether oxygens (including phenoxy) is 2. The molecule has 0 aliphatic rings. The van der Waals surface area contributed by atoms with Crippen LogP contribution >= 0.6 is 11.3 Å². The quantitative estimate of drug-likeness (QED) is 0.633. The molecule has 26 heavy (non-hydrogen) atoms. The molecule has 0 N–H and O–H groups in total. The summed E-state index contributed by atoms with van der Waals surface area (Å²) in [6, 6.07) is 16.1. The third-order valence-corrected chi connectivity index (χ3v) is 4.71. The molecule has 5 nitrogen and oxygen atoms in total. The summed E-state index contributed by atoms with van der Waals surface area (Å²) in [4.78, 5) is 30.2. The van der Waals surface area contributed by atoms with Gasteiger partial charge in [0.25, 0.3) is 0 Å². The Morgan fingerprint density at radius 2 is 1.81 bits per heavy atom. The SMILES string of the molecule is COC(=O)C(OC(=O)c1ccc(-c2cccs2)nc1C)c1ccccc1. The fraction of sp³-hybridized carbons (Fsp3) is 0.150. The van der Waals surface area contributed by atoms with Crippen molar-refractivity contribution in [1.29, 1.82) is 0 Å². The molecule has 6 heteroatoms. The number of pyridine rings is 1. The molecule has 3 rings (SSSR count). The van der Waals surface area contributed by atoms with Crippen LogP contribution in [0.2, 0.25) is 0 Å². The highest BCUT2D eigenvalue weighted by Gasteiger charge is 2.27. The van der Waals surface area contributed by atoms with E-state index in [1.54, 1.807) is 54.7 Å². The van der Waals surface area contributed by atoms with Gasteiger partial charge in [-0.05, 0) is 30.5 Å². The molecule has 0 fully saturated rings. The molecule has 1 unspecified atom stereocenters. The lowest BCUT2D eigenvalue weighted by Gasteiger charge is -2.16. The van der Waals surface area contributed by atoms with Gasteiger partial charge in [-0.3, -0.25) is 4.98 Å². The van der Waals surface area contributed by atoms with E-state index in [0.29, 0.717) is 16.8 Å². The monoisotopic (exact) mass is 367 g/mol. The number of methoxy groups -OCH3 is 1. The first-order valence-corrected chi connectivity index (χ1v) is 8.83. The maximum absolute atomic E-state index is 12.6. The fourth-order valence-electron chi connectivity index (χ4n) is 2.50. The van der Waals surface area contributed by atoms with Gasteiger partial charge in [-0.2, -0.15) is 0 Å². The summed E-state index contributed by atoms with van der Waals surface area (Å²) in [6.07, 6.45) is -1.12. The second-order valence-corrected chi connectivity index (χ2v) is 6.47. The number of thiophene rings is 1. The van der Waals surface area contributed by atoms with E-state index >= 15 is 0 Å². The summed E-state index contributed by atoms with van der Waals surface area (Å²) in [5.74, 6) is -1.25. The van der Waals surface area contributed by atoms with Crippen molar-refractivity contribution >= 4 is 23.3 Å². The molecule has 1 atom stereocenters. The third-order valence-electron chi connectivity index (χ3n) is 3.82. The molecule has 0 saturated carbocycles. The van der Waals surface area contributed by atoms with Gasteiger partial charge in [0.05, 0.1) is 28.9 Å². The van der Waals surface area contributed by atoms with Crippen molar-refractivity contribution in [3.8, 4) is 10.6 Å². The number of rotatable bonds is 5. The van der Waals surface area contributed by atoms with E-state index in [0.717, 1.165) is 10.6 Å². The van der Waals surface area contributed by atoms with Gasteiger partial charge >= 0.3 is 11.9 Å². The first kappa shape index (κ1) is 17.8. The van der Waals surface area contributed by atoms with Crippen molar-refractivity contribution in [2.24, 2.45) is 0 Å². The molecule has 0 saturated heterocycles. The molecule has 0 spiro atoms. The smallest absolute Gasteiger partial charge is 0.351 e. The zero-order valence-electron chi connectivity index (χ0n) is 14.3. The Morgan fingerprint density at radius 3 is 2.42 bits per heavy atom. The molecule has 0 amide bonds. The largest absolute Gasteiger partial charge is 0.466 e. The summed E-state index contributed by atoms with van der Waals surface area (Å²) < 4.78 is 10.2. The van der Waals surface area contributed by atoms with Crippen molar-refractivity contribution in [2.75, 3.05) is 7.11 Å². The van der Waals surface area contributed by atoms with Crippen LogP contribution in [0.25, 0.3) is 10.6 Å². The Bertz CT molecular complexity index is 907.